The summed E-state index contributed by atoms with van der Waals surface area (Å²) in [4.78, 5) is 20.1. The van der Waals surface area contributed by atoms with Crippen LogP contribution in [0, 0.1) is 5.82 Å². The van der Waals surface area contributed by atoms with E-state index in [-0.39, 0.29) is 17.3 Å². The van der Waals surface area contributed by atoms with Gasteiger partial charge in [0.15, 0.2) is 5.82 Å². The van der Waals surface area contributed by atoms with Crippen LogP contribution in [0.4, 0.5) is 15.9 Å². The first-order valence-corrected chi connectivity index (χ1v) is 8.05. The molecule has 0 saturated heterocycles. The summed E-state index contributed by atoms with van der Waals surface area (Å²) >= 11 is 3.33. The Balaban J connectivity index is 2.15. The number of aromatic nitrogens is 3. The lowest BCUT2D eigenvalue weighted by atomic mass is 10.2. The number of nitrogens with one attached hydrogen (secondary N) is 1. The summed E-state index contributed by atoms with van der Waals surface area (Å²) in [6.07, 6.45) is 1.71. The molecule has 0 unspecified atom stereocenters. The smallest absolute Gasteiger partial charge is 0.248 e. The first-order chi connectivity index (χ1) is 11.4. The minimum Gasteiger partial charge on any atom is -0.366 e. The van der Waals surface area contributed by atoms with Crippen molar-refractivity contribution in [3.8, 4) is 0 Å². The molecule has 2 heterocycles. The molecule has 3 rings (SSSR count). The summed E-state index contributed by atoms with van der Waals surface area (Å²) < 4.78 is 16.6. The predicted molar refractivity (Wildman–Crippen MR) is 93.8 cm³/mol. The van der Waals surface area contributed by atoms with E-state index in [0.717, 1.165) is 11.0 Å². The number of hydrogen-bond donors (Lipinski definition) is 2. The lowest BCUT2D eigenvalue weighted by Gasteiger charge is -2.13. The van der Waals surface area contributed by atoms with Crippen LogP contribution in [0.5, 0.6) is 0 Å². The highest BCUT2D eigenvalue weighted by Crippen LogP contribution is 2.30. The van der Waals surface area contributed by atoms with Crippen molar-refractivity contribution in [2.24, 2.45) is 5.73 Å². The van der Waals surface area contributed by atoms with Crippen LogP contribution in [0.3, 0.4) is 0 Å². The van der Waals surface area contributed by atoms with Crippen LogP contribution in [0.1, 0.15) is 30.2 Å². The minimum absolute atomic E-state index is 0.120. The summed E-state index contributed by atoms with van der Waals surface area (Å²) in [6.45, 7) is 4.03. The van der Waals surface area contributed by atoms with Crippen molar-refractivity contribution in [1.29, 1.82) is 0 Å². The fourth-order valence-corrected chi connectivity index (χ4v) is 2.80. The highest BCUT2D eigenvalue weighted by molar-refractivity contribution is 9.10. The van der Waals surface area contributed by atoms with Gasteiger partial charge in [0.25, 0.3) is 0 Å². The topological polar surface area (TPSA) is 85.8 Å². The first-order valence-electron chi connectivity index (χ1n) is 7.26. The molecule has 6 nitrogen and oxygen atoms in total. The number of primary amides is 1. The van der Waals surface area contributed by atoms with Crippen LogP contribution in [0.2, 0.25) is 0 Å². The van der Waals surface area contributed by atoms with Crippen LogP contribution in [-0.4, -0.2) is 20.4 Å². The van der Waals surface area contributed by atoms with E-state index in [1.165, 1.54) is 18.2 Å². The quantitative estimate of drug-likeness (QED) is 0.662. The fraction of sp³-hybridized carbons (Fsp3) is 0.188. The van der Waals surface area contributed by atoms with Crippen molar-refractivity contribution in [1.82, 2.24) is 14.5 Å². The molecule has 0 aliphatic rings. The molecule has 0 atom stereocenters. The predicted octanol–water partition coefficient (Wildman–Crippen LogP) is 3.76. The number of carbonyl (C=O) groups is 1. The number of rotatable bonds is 4. The zero-order chi connectivity index (χ0) is 17.4. The molecule has 0 bridgehead atoms. The number of amides is 1. The van der Waals surface area contributed by atoms with E-state index in [0.29, 0.717) is 10.4 Å². The van der Waals surface area contributed by atoms with Gasteiger partial charge in [-0.3, -0.25) is 4.79 Å². The molecular formula is C16H15BrFN5O. The minimum atomic E-state index is -0.627. The zero-order valence-corrected chi connectivity index (χ0v) is 14.6. The van der Waals surface area contributed by atoms with E-state index in [9.17, 15) is 9.18 Å². The monoisotopic (exact) mass is 391 g/mol. The number of carbonyl (C=O) groups excluding carboxylic acids is 1. The summed E-state index contributed by atoms with van der Waals surface area (Å²) in [6, 6.07) is 5.83. The molecule has 124 valence electrons. The number of hydrogen-bond acceptors (Lipinski definition) is 4. The average Bonchev–Trinajstić information content (AvgIpc) is 2.93. The van der Waals surface area contributed by atoms with Gasteiger partial charge in [0.2, 0.25) is 5.91 Å². The van der Waals surface area contributed by atoms with E-state index in [2.05, 4.69) is 31.2 Å². The molecule has 0 aliphatic carbocycles. The maximum Gasteiger partial charge on any atom is 0.248 e. The molecule has 0 fully saturated rings. The van der Waals surface area contributed by atoms with Gasteiger partial charge >= 0.3 is 0 Å². The summed E-state index contributed by atoms with van der Waals surface area (Å²) in [7, 11) is 0. The number of imidazole rings is 1. The van der Waals surface area contributed by atoms with Crippen molar-refractivity contribution >= 4 is 44.4 Å². The average molecular weight is 392 g/mol. The number of anilines is 2. The number of pyridine rings is 1. The second kappa shape index (κ2) is 6.20. The van der Waals surface area contributed by atoms with Gasteiger partial charge < -0.3 is 15.6 Å². The maximum atomic E-state index is 14.1. The summed E-state index contributed by atoms with van der Waals surface area (Å²) in [5.41, 5.74) is 7.06. The molecule has 0 spiro atoms. The van der Waals surface area contributed by atoms with Gasteiger partial charge in [-0.15, -0.1) is 0 Å². The second-order valence-electron chi connectivity index (χ2n) is 5.59. The Morgan fingerprint density at radius 1 is 1.38 bits per heavy atom. The molecule has 2 aromatic heterocycles. The number of nitrogens with two attached hydrogens (primary N) is 1. The van der Waals surface area contributed by atoms with Gasteiger partial charge in [-0.25, -0.2) is 14.4 Å². The van der Waals surface area contributed by atoms with Crippen molar-refractivity contribution in [3.63, 3.8) is 0 Å². The van der Waals surface area contributed by atoms with Crippen molar-refractivity contribution in [2.75, 3.05) is 5.32 Å². The molecule has 3 N–H and O–H groups in total. The molecule has 0 saturated carbocycles. The SMILES string of the molecule is CC(C)n1cnc2cc(Br)nc(Nc3cc(C(N)=O)ccc3F)c21. The first kappa shape index (κ1) is 16.4. The van der Waals surface area contributed by atoms with Gasteiger partial charge in [0.1, 0.15) is 15.9 Å². The molecule has 1 amide bonds. The summed E-state index contributed by atoms with van der Waals surface area (Å²) in [5.74, 6) is -0.700. The Hall–Kier alpha value is -2.48. The van der Waals surface area contributed by atoms with Gasteiger partial charge in [0, 0.05) is 11.6 Å². The van der Waals surface area contributed by atoms with E-state index in [4.69, 9.17) is 5.73 Å². The fourth-order valence-electron chi connectivity index (χ4n) is 2.41. The highest BCUT2D eigenvalue weighted by Gasteiger charge is 2.15. The lowest BCUT2D eigenvalue weighted by Crippen LogP contribution is -2.11. The number of benzene rings is 1. The molecule has 0 aliphatic heterocycles. The Morgan fingerprint density at radius 3 is 2.79 bits per heavy atom. The van der Waals surface area contributed by atoms with Crippen LogP contribution < -0.4 is 11.1 Å². The molecule has 3 aromatic rings. The van der Waals surface area contributed by atoms with Crippen LogP contribution in [0.25, 0.3) is 11.0 Å². The van der Waals surface area contributed by atoms with Crippen LogP contribution >= 0.6 is 15.9 Å². The van der Waals surface area contributed by atoms with Crippen LogP contribution in [0.15, 0.2) is 35.2 Å². The Bertz CT molecular complexity index is 938. The van der Waals surface area contributed by atoms with Gasteiger partial charge in [0.05, 0.1) is 17.5 Å². The largest absolute Gasteiger partial charge is 0.366 e. The third-order valence-electron chi connectivity index (χ3n) is 3.58. The standard InChI is InChI=1S/C16H15BrFN5O/c1-8(2)23-7-20-12-6-13(17)22-16(14(12)23)21-11-5-9(15(19)24)3-4-10(11)18/h3-8H,1-2H3,(H2,19,24)(H,21,22). The number of fused-ring (bicyclic) bond motifs is 1. The molecule has 24 heavy (non-hydrogen) atoms. The van der Waals surface area contributed by atoms with Crippen molar-refractivity contribution in [3.05, 3.63) is 46.6 Å². The van der Waals surface area contributed by atoms with Gasteiger partial charge in [-0.05, 0) is 54.0 Å². The Morgan fingerprint density at radius 2 is 2.12 bits per heavy atom. The van der Waals surface area contributed by atoms with E-state index < -0.39 is 11.7 Å². The number of halogens is 2. The van der Waals surface area contributed by atoms with E-state index in [1.807, 2.05) is 18.4 Å². The normalized spacial score (nSPS) is 11.2. The van der Waals surface area contributed by atoms with Gasteiger partial charge in [-0.1, -0.05) is 0 Å². The number of nitrogens with zero attached hydrogens (tertiary/aromatic N) is 3. The Labute approximate surface area is 146 Å². The maximum absolute atomic E-state index is 14.1. The molecule has 1 aromatic carbocycles. The van der Waals surface area contributed by atoms with Gasteiger partial charge in [-0.2, -0.15) is 0 Å². The van der Waals surface area contributed by atoms with Crippen molar-refractivity contribution in [2.45, 2.75) is 19.9 Å². The molecular weight excluding hydrogens is 377 g/mol. The third kappa shape index (κ3) is 2.96. The highest BCUT2D eigenvalue weighted by atomic mass is 79.9. The lowest BCUT2D eigenvalue weighted by molar-refractivity contribution is 0.100. The van der Waals surface area contributed by atoms with Crippen LogP contribution in [-0.2, 0) is 0 Å². The molecule has 0 radical (unpaired) electrons. The zero-order valence-electron chi connectivity index (χ0n) is 13.0. The molecule has 8 heteroatoms. The van der Waals surface area contributed by atoms with E-state index in [1.54, 1.807) is 12.4 Å². The second-order valence-corrected chi connectivity index (χ2v) is 6.40. The van der Waals surface area contributed by atoms with Crippen molar-refractivity contribution < 1.29 is 9.18 Å². The van der Waals surface area contributed by atoms with E-state index >= 15 is 0 Å². The Kier molecular flexibility index (Phi) is 4.23. The summed E-state index contributed by atoms with van der Waals surface area (Å²) in [5, 5.41) is 2.95. The third-order valence-corrected chi connectivity index (χ3v) is 3.99.